The van der Waals surface area contributed by atoms with Crippen LogP contribution in [-0.4, -0.2) is 34.0 Å². The Morgan fingerprint density at radius 1 is 1.00 bits per heavy atom. The number of carbonyl (C=O) groups excluding carboxylic acids is 1. The van der Waals surface area contributed by atoms with Gasteiger partial charge in [-0.25, -0.2) is 4.39 Å². The van der Waals surface area contributed by atoms with Gasteiger partial charge in [0.2, 0.25) is 0 Å². The smallest absolute Gasteiger partial charge is 0.273 e. The maximum Gasteiger partial charge on any atom is 0.273 e. The van der Waals surface area contributed by atoms with Crippen LogP contribution in [0.15, 0.2) is 79.0 Å². The summed E-state index contributed by atoms with van der Waals surface area (Å²) in [4.78, 5) is 20.0. The summed E-state index contributed by atoms with van der Waals surface area (Å²) in [6.45, 7) is 6.63. The van der Waals surface area contributed by atoms with E-state index in [0.717, 1.165) is 27.6 Å². The first-order chi connectivity index (χ1) is 17.3. The Hall–Kier alpha value is -3.93. The number of hydrogen-bond donors (Lipinski definition) is 0. The Bertz CT molecular complexity index is 1390. The maximum absolute atomic E-state index is 14.0. The number of fused-ring (bicyclic) bond motifs is 2. The van der Waals surface area contributed by atoms with Gasteiger partial charge in [-0.3, -0.25) is 9.78 Å². The van der Waals surface area contributed by atoms with E-state index in [-0.39, 0.29) is 30.0 Å². The van der Waals surface area contributed by atoms with Crippen molar-refractivity contribution in [1.29, 1.82) is 0 Å². The van der Waals surface area contributed by atoms with Crippen molar-refractivity contribution in [2.45, 2.75) is 45.4 Å². The van der Waals surface area contributed by atoms with Crippen molar-refractivity contribution in [2.75, 3.05) is 6.61 Å². The Kier molecular flexibility index (Phi) is 6.35. The summed E-state index contributed by atoms with van der Waals surface area (Å²) >= 11 is 0. The average Bonchev–Trinajstić information content (AvgIpc) is 2.86. The van der Waals surface area contributed by atoms with E-state index in [4.69, 9.17) is 9.47 Å². The number of rotatable bonds is 5. The van der Waals surface area contributed by atoms with Crippen LogP contribution in [0.2, 0.25) is 0 Å². The van der Waals surface area contributed by atoms with Crippen LogP contribution in [0.1, 0.15) is 42.4 Å². The molecule has 0 saturated carbocycles. The van der Waals surface area contributed by atoms with Gasteiger partial charge in [-0.15, -0.1) is 0 Å². The number of carbonyl (C=O) groups is 1. The third kappa shape index (κ3) is 5.18. The van der Waals surface area contributed by atoms with Gasteiger partial charge in [0.15, 0.2) is 0 Å². The van der Waals surface area contributed by atoms with Gasteiger partial charge in [-0.05, 0) is 86.2 Å². The number of hydrogen-bond acceptors (Lipinski definition) is 4. The second-order valence-electron chi connectivity index (χ2n) is 10.1. The Morgan fingerprint density at radius 3 is 2.53 bits per heavy atom. The van der Waals surface area contributed by atoms with Crippen molar-refractivity contribution in [3.05, 3.63) is 102 Å². The zero-order chi connectivity index (χ0) is 25.3. The molecule has 5 nitrogen and oxygen atoms in total. The highest BCUT2D eigenvalue weighted by Gasteiger charge is 2.32. The zero-order valence-corrected chi connectivity index (χ0v) is 20.7. The van der Waals surface area contributed by atoms with Gasteiger partial charge < -0.3 is 14.4 Å². The highest BCUT2D eigenvalue weighted by molar-refractivity contribution is 6.05. The van der Waals surface area contributed by atoms with Crippen LogP contribution in [0.5, 0.6) is 11.5 Å². The lowest BCUT2D eigenvalue weighted by atomic mass is 9.93. The molecule has 5 rings (SSSR count). The second-order valence-corrected chi connectivity index (χ2v) is 10.1. The van der Waals surface area contributed by atoms with E-state index in [1.54, 1.807) is 23.2 Å². The molecule has 0 aliphatic carbocycles. The van der Waals surface area contributed by atoms with Gasteiger partial charge in [0.25, 0.3) is 5.91 Å². The number of amides is 1. The molecule has 3 aromatic carbocycles. The molecule has 0 fully saturated rings. The molecule has 184 valence electrons. The lowest BCUT2D eigenvalue weighted by Gasteiger charge is -2.36. The van der Waals surface area contributed by atoms with Crippen LogP contribution in [0.4, 0.5) is 4.39 Å². The van der Waals surface area contributed by atoms with Gasteiger partial charge in [0.05, 0.1) is 6.04 Å². The first kappa shape index (κ1) is 23.8. The highest BCUT2D eigenvalue weighted by Crippen LogP contribution is 2.29. The Balaban J connectivity index is 1.41. The SMILES string of the molecule is CC(C)(C)Oc1ccc(OCC2Cc3cc(F)ccc3CN2C(=O)c2nccc3ccccc23)cc1. The summed E-state index contributed by atoms with van der Waals surface area (Å²) in [6, 6.07) is 21.5. The minimum atomic E-state index is -0.288. The second kappa shape index (κ2) is 9.61. The van der Waals surface area contributed by atoms with Crippen LogP contribution >= 0.6 is 0 Å². The Morgan fingerprint density at radius 2 is 1.75 bits per heavy atom. The van der Waals surface area contributed by atoms with Gasteiger partial charge in [0.1, 0.15) is 35.2 Å². The molecule has 1 amide bonds. The van der Waals surface area contributed by atoms with Gasteiger partial charge in [0, 0.05) is 18.1 Å². The minimum absolute atomic E-state index is 0.163. The third-order valence-corrected chi connectivity index (χ3v) is 6.23. The number of pyridine rings is 1. The predicted octanol–water partition coefficient (Wildman–Crippen LogP) is 6.20. The van der Waals surface area contributed by atoms with E-state index >= 15 is 0 Å². The molecule has 2 heterocycles. The number of nitrogens with zero attached hydrogens (tertiary/aromatic N) is 2. The monoisotopic (exact) mass is 484 g/mol. The first-order valence-corrected chi connectivity index (χ1v) is 12.1. The summed E-state index contributed by atoms with van der Waals surface area (Å²) in [7, 11) is 0. The van der Waals surface area contributed by atoms with Crippen LogP contribution in [-0.2, 0) is 13.0 Å². The fraction of sp³-hybridized carbons (Fsp3) is 0.267. The summed E-state index contributed by atoms with van der Waals surface area (Å²) in [5.41, 5.74) is 1.95. The zero-order valence-electron chi connectivity index (χ0n) is 20.7. The minimum Gasteiger partial charge on any atom is -0.491 e. The lowest BCUT2D eigenvalue weighted by Crippen LogP contribution is -2.47. The molecule has 1 aliphatic rings. The summed E-state index contributed by atoms with van der Waals surface area (Å²) in [6.07, 6.45) is 2.16. The van der Waals surface area contributed by atoms with E-state index in [1.807, 2.05) is 75.4 Å². The van der Waals surface area contributed by atoms with Gasteiger partial charge >= 0.3 is 0 Å². The van der Waals surface area contributed by atoms with Gasteiger partial charge in [-0.1, -0.05) is 30.3 Å². The molecule has 36 heavy (non-hydrogen) atoms. The van der Waals surface area contributed by atoms with Gasteiger partial charge in [-0.2, -0.15) is 0 Å². The topological polar surface area (TPSA) is 51.7 Å². The van der Waals surface area contributed by atoms with Crippen molar-refractivity contribution in [1.82, 2.24) is 9.88 Å². The van der Waals surface area contributed by atoms with Crippen molar-refractivity contribution in [3.63, 3.8) is 0 Å². The van der Waals surface area contributed by atoms with Crippen LogP contribution in [0.25, 0.3) is 10.8 Å². The summed E-state index contributed by atoms with van der Waals surface area (Å²) in [5, 5.41) is 1.77. The number of ether oxygens (including phenoxy) is 2. The lowest BCUT2D eigenvalue weighted by molar-refractivity contribution is 0.0562. The average molecular weight is 485 g/mol. The van der Waals surface area contributed by atoms with Crippen LogP contribution in [0.3, 0.4) is 0 Å². The van der Waals surface area contributed by atoms with Crippen molar-refractivity contribution in [2.24, 2.45) is 0 Å². The number of halogens is 1. The van der Waals surface area contributed by atoms with Crippen LogP contribution < -0.4 is 9.47 Å². The van der Waals surface area contributed by atoms with Crippen molar-refractivity contribution >= 4 is 16.7 Å². The molecular weight excluding hydrogens is 455 g/mol. The standard InChI is InChI=1S/C30H29FN2O3/c1-30(2,3)36-26-12-10-25(11-13-26)35-19-24-17-22-16-23(31)9-8-21(22)18-33(24)29(34)28-27-7-5-4-6-20(27)14-15-32-28/h4-16,24H,17-19H2,1-3H3. The summed E-state index contributed by atoms with van der Waals surface area (Å²) < 4.78 is 26.0. The largest absolute Gasteiger partial charge is 0.491 e. The van der Waals surface area contributed by atoms with E-state index in [0.29, 0.717) is 24.4 Å². The molecule has 6 heteroatoms. The molecule has 1 atom stereocenters. The maximum atomic E-state index is 14.0. The molecule has 0 spiro atoms. The van der Waals surface area contributed by atoms with E-state index in [1.165, 1.54) is 6.07 Å². The number of benzene rings is 3. The molecule has 0 bridgehead atoms. The van der Waals surface area contributed by atoms with Crippen molar-refractivity contribution in [3.8, 4) is 11.5 Å². The van der Waals surface area contributed by atoms with E-state index in [9.17, 15) is 9.18 Å². The molecule has 4 aromatic rings. The summed E-state index contributed by atoms with van der Waals surface area (Å²) in [5.74, 6) is 0.996. The molecule has 0 N–H and O–H groups in total. The molecule has 0 saturated heterocycles. The molecular formula is C30H29FN2O3. The first-order valence-electron chi connectivity index (χ1n) is 12.1. The van der Waals surface area contributed by atoms with Crippen LogP contribution in [0, 0.1) is 5.82 Å². The Labute approximate surface area is 210 Å². The highest BCUT2D eigenvalue weighted by atomic mass is 19.1. The predicted molar refractivity (Wildman–Crippen MR) is 138 cm³/mol. The fourth-order valence-corrected chi connectivity index (χ4v) is 4.58. The number of aromatic nitrogens is 1. The molecule has 1 aliphatic heterocycles. The molecule has 0 radical (unpaired) electrons. The van der Waals surface area contributed by atoms with Crippen molar-refractivity contribution < 1.29 is 18.7 Å². The normalized spacial score (nSPS) is 15.4. The quantitative estimate of drug-likeness (QED) is 0.339. The fourth-order valence-electron chi connectivity index (χ4n) is 4.58. The third-order valence-electron chi connectivity index (χ3n) is 6.23. The molecule has 1 aromatic heterocycles. The van der Waals surface area contributed by atoms with E-state index in [2.05, 4.69) is 4.98 Å². The molecule has 1 unspecified atom stereocenters. The van der Waals surface area contributed by atoms with E-state index < -0.39 is 0 Å².